The van der Waals surface area contributed by atoms with Crippen molar-refractivity contribution in [2.45, 2.75) is 32.0 Å². The van der Waals surface area contributed by atoms with Crippen LogP contribution >= 0.6 is 0 Å². The van der Waals surface area contributed by atoms with Crippen LogP contribution in [0.3, 0.4) is 0 Å². The molecule has 1 N–H and O–H groups in total. The highest BCUT2D eigenvalue weighted by molar-refractivity contribution is 5.95. The number of amides is 1. The number of halogens is 3. The molecule has 1 aliphatic rings. The van der Waals surface area contributed by atoms with Gasteiger partial charge in [-0.3, -0.25) is 19.7 Å². The summed E-state index contributed by atoms with van der Waals surface area (Å²) in [5.74, 6) is -1.57. The number of hydrogen-bond acceptors (Lipinski definition) is 6. The molecule has 0 aromatic heterocycles. The predicted octanol–water partition coefficient (Wildman–Crippen LogP) is 4.40. The van der Waals surface area contributed by atoms with E-state index >= 15 is 0 Å². The average molecular weight is 465 g/mol. The summed E-state index contributed by atoms with van der Waals surface area (Å²) in [6, 6.07) is 11.1. The Labute approximate surface area is 187 Å². The summed E-state index contributed by atoms with van der Waals surface area (Å²) >= 11 is 0. The van der Waals surface area contributed by atoms with Gasteiger partial charge in [-0.25, -0.2) is 0 Å². The van der Waals surface area contributed by atoms with Crippen LogP contribution in [0.15, 0.2) is 48.5 Å². The fourth-order valence-electron chi connectivity index (χ4n) is 3.56. The molecule has 8 nitrogen and oxygen atoms in total. The van der Waals surface area contributed by atoms with E-state index in [0.717, 1.165) is 12.1 Å². The number of nitro groups is 1. The minimum Gasteiger partial charge on any atom is -0.452 e. The molecule has 33 heavy (non-hydrogen) atoms. The van der Waals surface area contributed by atoms with Gasteiger partial charge in [-0.15, -0.1) is 0 Å². The van der Waals surface area contributed by atoms with Crippen molar-refractivity contribution in [1.82, 2.24) is 0 Å². The van der Waals surface area contributed by atoms with Gasteiger partial charge < -0.3 is 15.0 Å². The van der Waals surface area contributed by atoms with E-state index in [4.69, 9.17) is 4.74 Å². The Hall–Kier alpha value is -3.63. The highest BCUT2D eigenvalue weighted by Crippen LogP contribution is 2.37. The van der Waals surface area contributed by atoms with Gasteiger partial charge in [0.2, 0.25) is 0 Å². The van der Waals surface area contributed by atoms with E-state index in [9.17, 15) is 32.9 Å². The molecule has 1 saturated heterocycles. The maximum absolute atomic E-state index is 12.9. The second-order valence-electron chi connectivity index (χ2n) is 7.65. The first-order chi connectivity index (χ1) is 15.6. The van der Waals surface area contributed by atoms with Gasteiger partial charge in [-0.1, -0.05) is 18.2 Å². The molecule has 0 saturated carbocycles. The van der Waals surface area contributed by atoms with Crippen molar-refractivity contribution >= 4 is 28.9 Å². The Balaban J connectivity index is 1.58. The van der Waals surface area contributed by atoms with Gasteiger partial charge in [-0.05, 0) is 44.0 Å². The Morgan fingerprint density at radius 2 is 1.79 bits per heavy atom. The van der Waals surface area contributed by atoms with Crippen LogP contribution in [-0.4, -0.2) is 36.0 Å². The lowest BCUT2D eigenvalue weighted by molar-refractivity contribution is -0.384. The number of alkyl halides is 3. The largest absolute Gasteiger partial charge is 0.452 e. The van der Waals surface area contributed by atoms with Crippen molar-refractivity contribution in [1.29, 1.82) is 0 Å². The number of benzene rings is 2. The fraction of sp³-hybridized carbons (Fsp3) is 0.364. The highest BCUT2D eigenvalue weighted by atomic mass is 19.4. The number of nitrogens with one attached hydrogen (secondary N) is 1. The van der Waals surface area contributed by atoms with Gasteiger partial charge in [0, 0.05) is 24.8 Å². The number of nitro benzene ring substituents is 1. The van der Waals surface area contributed by atoms with Gasteiger partial charge in [-0.2, -0.15) is 13.2 Å². The highest BCUT2D eigenvalue weighted by Gasteiger charge is 2.35. The van der Waals surface area contributed by atoms with Crippen LogP contribution in [0.25, 0.3) is 0 Å². The molecule has 2 aromatic rings. The van der Waals surface area contributed by atoms with Gasteiger partial charge >= 0.3 is 12.1 Å². The first-order valence-corrected chi connectivity index (χ1v) is 10.2. The molecular formula is C22H22F3N3O5. The normalized spacial score (nSPS) is 15.6. The lowest BCUT2D eigenvalue weighted by atomic mass is 9.96. The summed E-state index contributed by atoms with van der Waals surface area (Å²) in [6.07, 6.45) is -5.15. The number of anilines is 2. The topological polar surface area (TPSA) is 102 Å². The molecule has 11 heteroatoms. The van der Waals surface area contributed by atoms with Crippen molar-refractivity contribution in [3.05, 3.63) is 64.2 Å². The minimum atomic E-state index is -4.69. The SMILES string of the molecule is CC(OC(=O)C1CCN(c2ccc(C(F)(F)F)cc2[N+](=O)[O-])CC1)C(=O)Nc1ccccc1. The molecule has 0 aliphatic carbocycles. The number of piperidine rings is 1. The van der Waals surface area contributed by atoms with E-state index in [0.29, 0.717) is 11.8 Å². The van der Waals surface area contributed by atoms with Crippen molar-refractivity contribution in [3.8, 4) is 0 Å². The van der Waals surface area contributed by atoms with E-state index in [1.165, 1.54) is 6.92 Å². The average Bonchev–Trinajstić information content (AvgIpc) is 2.78. The van der Waals surface area contributed by atoms with E-state index in [1.807, 2.05) is 0 Å². The van der Waals surface area contributed by atoms with Gasteiger partial charge in [0.1, 0.15) is 5.69 Å². The second kappa shape index (κ2) is 9.88. The number of rotatable bonds is 6. The Bertz CT molecular complexity index is 1020. The number of nitrogens with zero attached hydrogens (tertiary/aromatic N) is 2. The standard InChI is InChI=1S/C22H22F3N3O5/c1-14(20(29)26-17-5-3-2-4-6-17)33-21(30)15-9-11-27(12-10-15)18-8-7-16(22(23,24)25)13-19(18)28(31)32/h2-8,13-15H,9-12H2,1H3,(H,26,29). The third-order valence-corrected chi connectivity index (χ3v) is 5.37. The first kappa shape index (κ1) is 24.0. The zero-order chi connectivity index (χ0) is 24.2. The molecule has 2 aromatic carbocycles. The quantitative estimate of drug-likeness (QED) is 0.386. The smallest absolute Gasteiger partial charge is 0.416 e. The van der Waals surface area contributed by atoms with Gasteiger partial charge in [0.05, 0.1) is 16.4 Å². The van der Waals surface area contributed by atoms with Crippen molar-refractivity contribution in [3.63, 3.8) is 0 Å². The number of hydrogen-bond donors (Lipinski definition) is 1. The summed E-state index contributed by atoms with van der Waals surface area (Å²) in [6.45, 7) is 1.89. The van der Waals surface area contributed by atoms with Crippen molar-refractivity contribution < 1.29 is 32.4 Å². The van der Waals surface area contributed by atoms with E-state index in [1.54, 1.807) is 35.2 Å². The van der Waals surface area contributed by atoms with Crippen LogP contribution in [0, 0.1) is 16.0 Å². The van der Waals surface area contributed by atoms with Crippen molar-refractivity contribution in [2.75, 3.05) is 23.3 Å². The number of carbonyl (C=O) groups excluding carboxylic acids is 2. The minimum absolute atomic E-state index is 0.0652. The molecule has 3 rings (SSSR count). The number of para-hydroxylation sites is 1. The summed E-state index contributed by atoms with van der Waals surface area (Å²) < 4.78 is 44.0. The Morgan fingerprint density at radius 1 is 1.15 bits per heavy atom. The van der Waals surface area contributed by atoms with E-state index in [2.05, 4.69) is 5.32 Å². The number of esters is 1. The van der Waals surface area contributed by atoms with Gasteiger partial charge in [0.15, 0.2) is 6.10 Å². The molecule has 1 atom stereocenters. The number of ether oxygens (including phenoxy) is 1. The molecule has 1 heterocycles. The molecule has 0 bridgehead atoms. The third-order valence-electron chi connectivity index (χ3n) is 5.37. The Morgan fingerprint density at radius 3 is 2.36 bits per heavy atom. The lowest BCUT2D eigenvalue weighted by Gasteiger charge is -2.32. The van der Waals surface area contributed by atoms with Crippen LogP contribution in [0.5, 0.6) is 0 Å². The lowest BCUT2D eigenvalue weighted by Crippen LogP contribution is -2.39. The van der Waals surface area contributed by atoms with Gasteiger partial charge in [0.25, 0.3) is 11.6 Å². The molecular weight excluding hydrogens is 443 g/mol. The molecule has 0 radical (unpaired) electrons. The van der Waals surface area contributed by atoms with Crippen LogP contribution in [0.4, 0.5) is 30.2 Å². The van der Waals surface area contributed by atoms with E-state index in [-0.39, 0.29) is 31.6 Å². The van der Waals surface area contributed by atoms with Crippen LogP contribution < -0.4 is 10.2 Å². The third kappa shape index (κ3) is 5.99. The zero-order valence-electron chi connectivity index (χ0n) is 17.7. The molecule has 1 fully saturated rings. The van der Waals surface area contributed by atoms with Crippen LogP contribution in [0.2, 0.25) is 0 Å². The molecule has 1 aliphatic heterocycles. The van der Waals surface area contributed by atoms with E-state index < -0.39 is 46.2 Å². The number of carbonyl (C=O) groups is 2. The molecule has 1 amide bonds. The monoisotopic (exact) mass is 465 g/mol. The predicted molar refractivity (Wildman–Crippen MR) is 114 cm³/mol. The zero-order valence-corrected chi connectivity index (χ0v) is 17.7. The Kier molecular flexibility index (Phi) is 7.19. The van der Waals surface area contributed by atoms with Crippen LogP contribution in [0.1, 0.15) is 25.3 Å². The summed E-state index contributed by atoms with van der Waals surface area (Å²) in [5, 5.41) is 14.0. The summed E-state index contributed by atoms with van der Waals surface area (Å²) in [5.41, 5.74) is -1.11. The first-order valence-electron chi connectivity index (χ1n) is 10.2. The molecule has 0 spiro atoms. The maximum Gasteiger partial charge on any atom is 0.416 e. The maximum atomic E-state index is 12.9. The molecule has 176 valence electrons. The van der Waals surface area contributed by atoms with Crippen LogP contribution in [-0.2, 0) is 20.5 Å². The fourth-order valence-corrected chi connectivity index (χ4v) is 3.56. The second-order valence-corrected chi connectivity index (χ2v) is 7.65. The summed E-state index contributed by atoms with van der Waals surface area (Å²) in [7, 11) is 0. The molecule has 1 unspecified atom stereocenters. The van der Waals surface area contributed by atoms with Crippen molar-refractivity contribution in [2.24, 2.45) is 5.92 Å². The summed E-state index contributed by atoms with van der Waals surface area (Å²) in [4.78, 5) is 36.8.